The fourth-order valence-electron chi connectivity index (χ4n) is 2.85. The molecule has 86 valence electrons. The van der Waals surface area contributed by atoms with Crippen molar-refractivity contribution in [3.63, 3.8) is 0 Å². The van der Waals surface area contributed by atoms with E-state index in [1.54, 1.807) is 5.57 Å². The molecule has 0 saturated carbocycles. The molecule has 0 aromatic heterocycles. The number of thioether (sulfide) groups is 1. The average Bonchev–Trinajstić information content (AvgIpc) is 2.69. The molecular weight excluding hydrogens is 200 g/mol. The lowest BCUT2D eigenvalue weighted by molar-refractivity contribution is 0.392. The second-order valence-electron chi connectivity index (χ2n) is 6.07. The predicted octanol–water partition coefficient (Wildman–Crippen LogP) is 4.65. The third-order valence-corrected chi connectivity index (χ3v) is 5.48. The lowest BCUT2D eigenvalue weighted by atomic mass is 9.76. The minimum Gasteiger partial charge on any atom is -0.158 e. The van der Waals surface area contributed by atoms with Crippen molar-refractivity contribution >= 4 is 11.8 Å². The third-order valence-electron chi connectivity index (χ3n) is 3.91. The summed E-state index contributed by atoms with van der Waals surface area (Å²) in [6, 6.07) is 0. The van der Waals surface area contributed by atoms with Crippen LogP contribution in [0.1, 0.15) is 52.9 Å². The van der Waals surface area contributed by atoms with Gasteiger partial charge in [-0.1, -0.05) is 32.4 Å². The van der Waals surface area contributed by atoms with Crippen LogP contribution in [0.3, 0.4) is 0 Å². The van der Waals surface area contributed by atoms with Gasteiger partial charge in [0.05, 0.1) is 0 Å². The molecule has 2 unspecified atom stereocenters. The first-order chi connectivity index (χ1) is 7.07. The zero-order valence-corrected chi connectivity index (χ0v) is 11.2. The molecule has 1 aliphatic heterocycles. The van der Waals surface area contributed by atoms with Crippen LogP contribution < -0.4 is 0 Å². The van der Waals surface area contributed by atoms with E-state index in [0.717, 1.165) is 11.2 Å². The summed E-state index contributed by atoms with van der Waals surface area (Å²) in [5.41, 5.74) is 2.11. The fraction of sp³-hybridized carbons (Fsp3) is 0.857. The van der Waals surface area contributed by atoms with E-state index in [9.17, 15) is 0 Å². The Kier molecular flexibility index (Phi) is 3.49. The van der Waals surface area contributed by atoms with Gasteiger partial charge in [0, 0.05) is 5.25 Å². The van der Waals surface area contributed by atoms with Crippen LogP contribution in [0, 0.1) is 11.3 Å². The van der Waals surface area contributed by atoms with Gasteiger partial charge in [0.25, 0.3) is 0 Å². The van der Waals surface area contributed by atoms with Crippen molar-refractivity contribution in [3.05, 3.63) is 11.6 Å². The van der Waals surface area contributed by atoms with Crippen LogP contribution in [0.4, 0.5) is 0 Å². The van der Waals surface area contributed by atoms with Gasteiger partial charge in [-0.05, 0) is 49.2 Å². The SMILES string of the molecule is CC(C)(C)C1=CCC(C2CCCS2)CC1. The molecule has 1 saturated heterocycles. The Morgan fingerprint density at radius 2 is 2.07 bits per heavy atom. The van der Waals surface area contributed by atoms with Gasteiger partial charge >= 0.3 is 0 Å². The number of allylic oxidation sites excluding steroid dienone is 2. The van der Waals surface area contributed by atoms with Crippen LogP contribution in [-0.4, -0.2) is 11.0 Å². The van der Waals surface area contributed by atoms with Crippen molar-refractivity contribution < 1.29 is 0 Å². The predicted molar refractivity (Wildman–Crippen MR) is 70.4 cm³/mol. The van der Waals surface area contributed by atoms with Crippen molar-refractivity contribution in [2.24, 2.45) is 11.3 Å². The molecule has 0 aromatic carbocycles. The largest absolute Gasteiger partial charge is 0.158 e. The monoisotopic (exact) mass is 224 g/mol. The van der Waals surface area contributed by atoms with Crippen molar-refractivity contribution in [1.82, 2.24) is 0 Å². The Morgan fingerprint density at radius 3 is 2.53 bits per heavy atom. The Labute approximate surface area is 98.9 Å². The summed E-state index contributed by atoms with van der Waals surface area (Å²) in [6.07, 6.45) is 9.64. The van der Waals surface area contributed by atoms with E-state index >= 15 is 0 Å². The minimum absolute atomic E-state index is 0.411. The third kappa shape index (κ3) is 2.81. The molecule has 1 heteroatoms. The molecule has 1 heterocycles. The summed E-state index contributed by atoms with van der Waals surface area (Å²) in [6.45, 7) is 7.05. The molecule has 1 aliphatic carbocycles. The van der Waals surface area contributed by atoms with Crippen LogP contribution in [0.2, 0.25) is 0 Å². The summed E-state index contributed by atoms with van der Waals surface area (Å²) < 4.78 is 0. The van der Waals surface area contributed by atoms with Gasteiger partial charge in [0.15, 0.2) is 0 Å². The summed E-state index contributed by atoms with van der Waals surface area (Å²) in [7, 11) is 0. The molecule has 0 aromatic rings. The van der Waals surface area contributed by atoms with E-state index in [2.05, 4.69) is 38.6 Å². The Balaban J connectivity index is 1.93. The van der Waals surface area contributed by atoms with E-state index in [4.69, 9.17) is 0 Å². The average molecular weight is 224 g/mol. The first-order valence-electron chi connectivity index (χ1n) is 6.38. The maximum atomic E-state index is 2.55. The highest BCUT2D eigenvalue weighted by Crippen LogP contribution is 2.42. The van der Waals surface area contributed by atoms with Crippen molar-refractivity contribution in [3.8, 4) is 0 Å². The molecule has 2 rings (SSSR count). The summed E-state index contributed by atoms with van der Waals surface area (Å²) in [5, 5.41) is 0.989. The van der Waals surface area contributed by atoms with Crippen LogP contribution >= 0.6 is 11.8 Å². The molecule has 0 nitrogen and oxygen atoms in total. The normalized spacial score (nSPS) is 32.9. The maximum absolute atomic E-state index is 2.55. The van der Waals surface area contributed by atoms with Crippen LogP contribution in [0.5, 0.6) is 0 Å². The molecule has 2 aliphatic rings. The molecule has 0 radical (unpaired) electrons. The van der Waals surface area contributed by atoms with Gasteiger partial charge in [0.2, 0.25) is 0 Å². The van der Waals surface area contributed by atoms with Gasteiger partial charge in [-0.25, -0.2) is 0 Å². The van der Waals surface area contributed by atoms with Crippen molar-refractivity contribution in [1.29, 1.82) is 0 Å². The topological polar surface area (TPSA) is 0 Å². The second-order valence-corrected chi connectivity index (χ2v) is 7.41. The van der Waals surface area contributed by atoms with Gasteiger partial charge in [-0.3, -0.25) is 0 Å². The summed E-state index contributed by atoms with van der Waals surface area (Å²) in [4.78, 5) is 0. The molecular formula is C14H24S. The Hall–Kier alpha value is 0.0900. The van der Waals surface area contributed by atoms with Crippen LogP contribution in [-0.2, 0) is 0 Å². The highest BCUT2D eigenvalue weighted by Gasteiger charge is 2.29. The highest BCUT2D eigenvalue weighted by molar-refractivity contribution is 8.00. The number of rotatable bonds is 1. The summed E-state index contributed by atoms with van der Waals surface area (Å²) >= 11 is 2.23. The standard InChI is InChI=1S/C14H24S/c1-14(2,3)12-8-6-11(7-9-12)13-5-4-10-15-13/h8,11,13H,4-7,9-10H2,1-3H3. The van der Waals surface area contributed by atoms with Crippen LogP contribution in [0.15, 0.2) is 11.6 Å². The minimum atomic E-state index is 0.411. The van der Waals surface area contributed by atoms with Gasteiger partial charge in [-0.2, -0.15) is 11.8 Å². The Bertz CT molecular complexity index is 241. The molecule has 1 fully saturated rings. The first-order valence-corrected chi connectivity index (χ1v) is 7.43. The molecule has 0 bridgehead atoms. The van der Waals surface area contributed by atoms with Crippen molar-refractivity contribution in [2.45, 2.75) is 58.1 Å². The van der Waals surface area contributed by atoms with E-state index in [1.807, 2.05) is 0 Å². The maximum Gasteiger partial charge on any atom is 0.00786 e. The van der Waals surface area contributed by atoms with E-state index < -0.39 is 0 Å². The summed E-state index contributed by atoms with van der Waals surface area (Å²) in [5.74, 6) is 2.40. The molecule has 0 amide bonds. The first kappa shape index (κ1) is 11.6. The van der Waals surface area contributed by atoms with E-state index in [0.29, 0.717) is 5.41 Å². The molecule has 2 atom stereocenters. The van der Waals surface area contributed by atoms with Gasteiger partial charge in [0.1, 0.15) is 0 Å². The van der Waals surface area contributed by atoms with E-state index in [-0.39, 0.29) is 0 Å². The van der Waals surface area contributed by atoms with Crippen LogP contribution in [0.25, 0.3) is 0 Å². The van der Waals surface area contributed by atoms with Crippen molar-refractivity contribution in [2.75, 3.05) is 5.75 Å². The number of hydrogen-bond acceptors (Lipinski definition) is 1. The zero-order valence-electron chi connectivity index (χ0n) is 10.4. The van der Waals surface area contributed by atoms with Gasteiger partial charge in [-0.15, -0.1) is 0 Å². The fourth-order valence-corrected chi connectivity index (χ4v) is 4.34. The molecule has 15 heavy (non-hydrogen) atoms. The molecule has 0 N–H and O–H groups in total. The van der Waals surface area contributed by atoms with Gasteiger partial charge < -0.3 is 0 Å². The van der Waals surface area contributed by atoms with E-state index in [1.165, 1.54) is 37.9 Å². The molecule has 0 spiro atoms. The lowest BCUT2D eigenvalue weighted by Crippen LogP contribution is -2.21. The zero-order chi connectivity index (χ0) is 10.9. The second kappa shape index (κ2) is 4.53. The quantitative estimate of drug-likeness (QED) is 0.584. The lowest BCUT2D eigenvalue weighted by Gasteiger charge is -2.32. The number of hydrogen-bond donors (Lipinski definition) is 0. The smallest absolute Gasteiger partial charge is 0.00786 e. The Morgan fingerprint density at radius 1 is 1.27 bits per heavy atom. The highest BCUT2D eigenvalue weighted by atomic mass is 32.2.